The average molecular weight is 303 g/mol. The van der Waals surface area contributed by atoms with Crippen LogP contribution in [0.15, 0.2) is 29.3 Å². The van der Waals surface area contributed by atoms with Gasteiger partial charge in [0.15, 0.2) is 5.96 Å². The molecule has 2 N–H and O–H groups in total. The molecular formula is C18H29N3O. The molecule has 1 aliphatic rings. The number of guanidine groups is 1. The smallest absolute Gasteiger partial charge is 0.191 e. The van der Waals surface area contributed by atoms with E-state index >= 15 is 0 Å². The van der Waals surface area contributed by atoms with E-state index in [4.69, 9.17) is 10.5 Å². The molecule has 0 aromatic heterocycles. The second kappa shape index (κ2) is 8.66. The molecule has 0 amide bonds. The van der Waals surface area contributed by atoms with E-state index in [1.165, 1.54) is 32.1 Å². The Balaban J connectivity index is 1.87. The van der Waals surface area contributed by atoms with E-state index in [0.29, 0.717) is 18.6 Å². The molecule has 0 spiro atoms. The lowest BCUT2D eigenvalue weighted by Crippen LogP contribution is -2.37. The van der Waals surface area contributed by atoms with Gasteiger partial charge in [0.2, 0.25) is 0 Å². The Labute approximate surface area is 134 Å². The fraction of sp³-hybridized carbons (Fsp3) is 0.611. The highest BCUT2D eigenvalue weighted by Crippen LogP contribution is 2.23. The van der Waals surface area contributed by atoms with Crippen LogP contribution in [0.2, 0.25) is 0 Å². The summed E-state index contributed by atoms with van der Waals surface area (Å²) in [6, 6.07) is 8.26. The lowest BCUT2D eigenvalue weighted by Gasteiger charge is -2.23. The van der Waals surface area contributed by atoms with Gasteiger partial charge in [-0.1, -0.05) is 18.6 Å². The highest BCUT2D eigenvalue weighted by atomic mass is 16.5. The number of nitrogens with two attached hydrogens (primary N) is 1. The van der Waals surface area contributed by atoms with E-state index in [0.717, 1.165) is 24.4 Å². The molecular weight excluding hydrogens is 274 g/mol. The molecule has 0 heterocycles. The molecule has 22 heavy (non-hydrogen) atoms. The summed E-state index contributed by atoms with van der Waals surface area (Å²) in [7, 11) is 0. The van der Waals surface area contributed by atoms with Crippen LogP contribution in [0.25, 0.3) is 0 Å². The summed E-state index contributed by atoms with van der Waals surface area (Å²) >= 11 is 0. The van der Waals surface area contributed by atoms with E-state index in [9.17, 15) is 0 Å². The van der Waals surface area contributed by atoms with Gasteiger partial charge in [-0.3, -0.25) is 0 Å². The Morgan fingerprint density at radius 2 is 1.77 bits per heavy atom. The molecule has 1 aromatic carbocycles. The van der Waals surface area contributed by atoms with Crippen LogP contribution in [0.1, 0.15) is 51.5 Å². The van der Waals surface area contributed by atoms with Crippen LogP contribution < -0.4 is 10.5 Å². The maximum absolute atomic E-state index is 6.04. The first kappa shape index (κ1) is 16.7. The summed E-state index contributed by atoms with van der Waals surface area (Å²) in [5, 5.41) is 0. The molecule has 2 rings (SSSR count). The van der Waals surface area contributed by atoms with Crippen molar-refractivity contribution in [1.82, 2.24) is 4.90 Å². The van der Waals surface area contributed by atoms with Gasteiger partial charge in [-0.25, -0.2) is 4.99 Å². The lowest BCUT2D eigenvalue weighted by molar-refractivity contribution is 0.155. The number of ether oxygens (including phenoxy) is 1. The number of aliphatic imine (C=N–C) groups is 1. The quantitative estimate of drug-likeness (QED) is 0.646. The van der Waals surface area contributed by atoms with Crippen LogP contribution in [0, 0.1) is 0 Å². The highest BCUT2D eigenvalue weighted by molar-refractivity contribution is 5.77. The van der Waals surface area contributed by atoms with E-state index < -0.39 is 0 Å². The van der Waals surface area contributed by atoms with Crippen molar-refractivity contribution < 1.29 is 4.74 Å². The molecule has 0 atom stereocenters. The summed E-state index contributed by atoms with van der Waals surface area (Å²) in [6.45, 7) is 6.57. The molecule has 0 unspecified atom stereocenters. The summed E-state index contributed by atoms with van der Waals surface area (Å²) in [6.07, 6.45) is 6.71. The zero-order chi connectivity index (χ0) is 15.8. The Morgan fingerprint density at radius 3 is 2.36 bits per heavy atom. The van der Waals surface area contributed by atoms with E-state index in [1.54, 1.807) is 0 Å². The van der Waals surface area contributed by atoms with E-state index in [-0.39, 0.29) is 0 Å². The first-order chi connectivity index (χ1) is 10.7. The van der Waals surface area contributed by atoms with Crippen LogP contribution >= 0.6 is 0 Å². The molecule has 0 saturated heterocycles. The molecule has 1 aromatic rings. The van der Waals surface area contributed by atoms with Crippen LogP contribution in [0.5, 0.6) is 5.75 Å². The first-order valence-electron chi connectivity index (χ1n) is 8.53. The molecule has 4 nitrogen and oxygen atoms in total. The Bertz CT molecular complexity index is 460. The van der Waals surface area contributed by atoms with Crippen molar-refractivity contribution in [3.8, 4) is 5.75 Å². The van der Waals surface area contributed by atoms with Gasteiger partial charge in [0.1, 0.15) is 5.75 Å². The molecule has 122 valence electrons. The maximum Gasteiger partial charge on any atom is 0.191 e. The fourth-order valence-corrected chi connectivity index (χ4v) is 2.87. The number of hydrogen-bond acceptors (Lipinski definition) is 2. The second-order valence-electron chi connectivity index (χ2n) is 5.87. The van der Waals surface area contributed by atoms with Crippen LogP contribution in [-0.2, 0) is 6.54 Å². The van der Waals surface area contributed by atoms with Crippen molar-refractivity contribution in [3.63, 3.8) is 0 Å². The summed E-state index contributed by atoms with van der Waals surface area (Å²) in [4.78, 5) is 6.52. The Morgan fingerprint density at radius 1 is 1.14 bits per heavy atom. The zero-order valence-corrected chi connectivity index (χ0v) is 13.9. The monoisotopic (exact) mass is 303 g/mol. The third kappa shape index (κ3) is 4.93. The molecule has 0 radical (unpaired) electrons. The third-order valence-corrected chi connectivity index (χ3v) is 4.29. The minimum atomic E-state index is 0.399. The van der Waals surface area contributed by atoms with Gasteiger partial charge in [-0.2, -0.15) is 0 Å². The minimum absolute atomic E-state index is 0.399. The van der Waals surface area contributed by atoms with Crippen molar-refractivity contribution in [3.05, 3.63) is 29.8 Å². The molecule has 1 aliphatic carbocycles. The molecule has 4 heteroatoms. The van der Waals surface area contributed by atoms with Crippen molar-refractivity contribution >= 4 is 5.96 Å². The number of benzene rings is 1. The minimum Gasteiger partial charge on any atom is -0.490 e. The predicted molar refractivity (Wildman–Crippen MR) is 92.2 cm³/mol. The summed E-state index contributed by atoms with van der Waals surface area (Å²) < 4.78 is 6.04. The largest absolute Gasteiger partial charge is 0.490 e. The summed E-state index contributed by atoms with van der Waals surface area (Å²) in [5.41, 5.74) is 7.15. The Kier molecular flexibility index (Phi) is 6.56. The van der Waals surface area contributed by atoms with Crippen molar-refractivity contribution in [2.45, 2.75) is 58.6 Å². The summed E-state index contributed by atoms with van der Waals surface area (Å²) in [5.74, 6) is 1.59. The second-order valence-corrected chi connectivity index (χ2v) is 5.87. The number of rotatable bonds is 6. The SMILES string of the molecule is CCN(CC)C(N)=NCc1ccc(OC2CCCCC2)cc1. The lowest BCUT2D eigenvalue weighted by atomic mass is 9.98. The zero-order valence-electron chi connectivity index (χ0n) is 13.9. The predicted octanol–water partition coefficient (Wildman–Crippen LogP) is 3.55. The Hall–Kier alpha value is -1.71. The van der Waals surface area contributed by atoms with Crippen LogP contribution in [0.3, 0.4) is 0 Å². The van der Waals surface area contributed by atoms with Gasteiger partial charge in [0.05, 0.1) is 12.6 Å². The standard InChI is InChI=1S/C18H29N3O/c1-3-21(4-2)18(19)20-14-15-10-12-17(13-11-15)22-16-8-6-5-7-9-16/h10-13,16H,3-9,14H2,1-2H3,(H2,19,20). The third-order valence-electron chi connectivity index (χ3n) is 4.29. The maximum atomic E-state index is 6.04. The molecule has 1 fully saturated rings. The number of nitrogens with zero attached hydrogens (tertiary/aromatic N) is 2. The normalized spacial score (nSPS) is 16.5. The molecule has 0 bridgehead atoms. The first-order valence-corrected chi connectivity index (χ1v) is 8.53. The number of hydrogen-bond donors (Lipinski definition) is 1. The van der Waals surface area contributed by atoms with E-state index in [1.807, 2.05) is 12.1 Å². The van der Waals surface area contributed by atoms with Crippen LogP contribution in [-0.4, -0.2) is 30.1 Å². The van der Waals surface area contributed by atoms with Gasteiger partial charge >= 0.3 is 0 Å². The highest BCUT2D eigenvalue weighted by Gasteiger charge is 2.14. The topological polar surface area (TPSA) is 50.8 Å². The molecule has 1 saturated carbocycles. The average Bonchev–Trinajstić information content (AvgIpc) is 2.56. The van der Waals surface area contributed by atoms with Crippen molar-refractivity contribution in [1.29, 1.82) is 0 Å². The van der Waals surface area contributed by atoms with Gasteiger partial charge in [-0.15, -0.1) is 0 Å². The van der Waals surface area contributed by atoms with Gasteiger partial charge in [0, 0.05) is 13.1 Å². The van der Waals surface area contributed by atoms with Crippen LogP contribution in [0.4, 0.5) is 0 Å². The fourth-order valence-electron chi connectivity index (χ4n) is 2.87. The van der Waals surface area contributed by atoms with Crippen molar-refractivity contribution in [2.24, 2.45) is 10.7 Å². The molecule has 0 aliphatic heterocycles. The van der Waals surface area contributed by atoms with Crippen molar-refractivity contribution in [2.75, 3.05) is 13.1 Å². The van der Waals surface area contributed by atoms with Gasteiger partial charge < -0.3 is 15.4 Å². The van der Waals surface area contributed by atoms with Gasteiger partial charge in [0.25, 0.3) is 0 Å². The van der Waals surface area contributed by atoms with Gasteiger partial charge in [-0.05, 0) is 57.2 Å². The van der Waals surface area contributed by atoms with E-state index in [2.05, 4.69) is 35.9 Å².